The summed E-state index contributed by atoms with van der Waals surface area (Å²) < 4.78 is 1.77. The van der Waals surface area contributed by atoms with Gasteiger partial charge in [0, 0.05) is 50.7 Å². The number of nitrogens with zero attached hydrogens (tertiary/aromatic N) is 5. The van der Waals surface area contributed by atoms with E-state index in [-0.39, 0.29) is 23.8 Å². The summed E-state index contributed by atoms with van der Waals surface area (Å²) in [5.41, 5.74) is 0.893. The molecule has 0 spiro atoms. The minimum absolute atomic E-state index is 0.0805. The minimum atomic E-state index is -0.0916. The molecule has 136 valence electrons. The van der Waals surface area contributed by atoms with Crippen LogP contribution < -0.4 is 0 Å². The molecule has 2 aromatic heterocycles. The van der Waals surface area contributed by atoms with Crippen molar-refractivity contribution in [3.8, 4) is 0 Å². The Morgan fingerprint density at radius 3 is 2.85 bits per heavy atom. The topological polar surface area (TPSA) is 71.3 Å². The summed E-state index contributed by atoms with van der Waals surface area (Å²) in [6, 6.07) is 7.69. The van der Waals surface area contributed by atoms with Crippen molar-refractivity contribution in [2.24, 2.45) is 5.92 Å². The highest BCUT2D eigenvalue weighted by Gasteiger charge is 2.41. The molecule has 3 aliphatic rings. The summed E-state index contributed by atoms with van der Waals surface area (Å²) in [6.45, 7) is 2.25. The molecule has 2 atom stereocenters. The third kappa shape index (κ3) is 3.47. The van der Waals surface area contributed by atoms with Gasteiger partial charge in [0.05, 0.1) is 18.2 Å². The molecule has 0 unspecified atom stereocenters. The Morgan fingerprint density at radius 1 is 1.15 bits per heavy atom. The molecule has 0 radical (unpaired) electrons. The van der Waals surface area contributed by atoms with E-state index in [0.717, 1.165) is 18.5 Å². The van der Waals surface area contributed by atoms with Crippen LogP contribution in [0.3, 0.4) is 0 Å². The average Bonchev–Trinajstić information content (AvgIpc) is 3.04. The van der Waals surface area contributed by atoms with E-state index in [1.165, 1.54) is 0 Å². The molecule has 26 heavy (non-hydrogen) atoms. The second-order valence-electron chi connectivity index (χ2n) is 7.03. The summed E-state index contributed by atoms with van der Waals surface area (Å²) in [6.07, 6.45) is 7.55. The molecule has 7 nitrogen and oxygen atoms in total. The number of aromatic nitrogens is 3. The SMILES string of the molecule is O=C(CCn1cccn1)N1C[C@@H]2CC[C@H](C1)N(Cc1ccccn1)C2=O. The highest BCUT2D eigenvalue weighted by Crippen LogP contribution is 2.30. The van der Waals surface area contributed by atoms with E-state index >= 15 is 0 Å². The quantitative estimate of drug-likeness (QED) is 0.813. The van der Waals surface area contributed by atoms with Crippen LogP contribution in [-0.4, -0.2) is 55.5 Å². The van der Waals surface area contributed by atoms with Crippen molar-refractivity contribution in [3.05, 3.63) is 48.5 Å². The predicted molar refractivity (Wildman–Crippen MR) is 94.7 cm³/mol. The van der Waals surface area contributed by atoms with Crippen molar-refractivity contribution >= 4 is 11.8 Å². The Kier molecular flexibility index (Phi) is 4.69. The van der Waals surface area contributed by atoms with E-state index in [1.54, 1.807) is 17.1 Å². The highest BCUT2D eigenvalue weighted by atomic mass is 16.2. The van der Waals surface area contributed by atoms with E-state index in [0.29, 0.717) is 32.6 Å². The van der Waals surface area contributed by atoms with Crippen LogP contribution >= 0.6 is 0 Å². The molecule has 2 aromatic rings. The van der Waals surface area contributed by atoms with Gasteiger partial charge in [-0.05, 0) is 31.0 Å². The van der Waals surface area contributed by atoms with Crippen molar-refractivity contribution in [3.63, 3.8) is 0 Å². The number of fused-ring (bicyclic) bond motifs is 4. The van der Waals surface area contributed by atoms with E-state index in [2.05, 4.69) is 10.1 Å². The summed E-state index contributed by atoms with van der Waals surface area (Å²) in [4.78, 5) is 33.7. The first-order valence-corrected chi connectivity index (χ1v) is 9.16. The van der Waals surface area contributed by atoms with Gasteiger partial charge in [-0.3, -0.25) is 19.3 Å². The van der Waals surface area contributed by atoms with Crippen molar-refractivity contribution in [1.82, 2.24) is 24.6 Å². The second-order valence-corrected chi connectivity index (χ2v) is 7.03. The Balaban J connectivity index is 1.43. The first-order chi connectivity index (χ1) is 12.7. The first-order valence-electron chi connectivity index (χ1n) is 9.16. The van der Waals surface area contributed by atoms with E-state index < -0.39 is 0 Å². The molecule has 7 heteroatoms. The van der Waals surface area contributed by atoms with Gasteiger partial charge in [-0.2, -0.15) is 5.10 Å². The van der Waals surface area contributed by atoms with Crippen molar-refractivity contribution in [2.45, 2.75) is 38.4 Å². The standard InChI is InChI=1S/C19H23N5O2/c25-18(7-11-23-10-3-9-21-23)22-12-15-5-6-17(14-22)24(19(15)26)13-16-4-1-2-8-20-16/h1-4,8-10,15,17H,5-7,11-14H2/t15-,17+/m0/s1. The largest absolute Gasteiger partial charge is 0.340 e. The zero-order valence-electron chi connectivity index (χ0n) is 14.7. The number of piperidine rings is 1. The van der Waals surface area contributed by atoms with Crippen LogP contribution in [-0.2, 0) is 22.7 Å². The molecule has 5 heterocycles. The number of amides is 2. The van der Waals surface area contributed by atoms with Crippen LogP contribution in [0.1, 0.15) is 25.0 Å². The molecule has 3 saturated heterocycles. The fourth-order valence-electron chi connectivity index (χ4n) is 3.92. The van der Waals surface area contributed by atoms with E-state index in [9.17, 15) is 9.59 Å². The third-order valence-corrected chi connectivity index (χ3v) is 5.32. The number of rotatable bonds is 5. The molecule has 2 amide bonds. The fourth-order valence-corrected chi connectivity index (χ4v) is 3.92. The van der Waals surface area contributed by atoms with Gasteiger partial charge >= 0.3 is 0 Å². The number of hydrogen-bond acceptors (Lipinski definition) is 4. The van der Waals surface area contributed by atoms with Gasteiger partial charge in [0.2, 0.25) is 11.8 Å². The lowest BCUT2D eigenvalue weighted by Gasteiger charge is -2.35. The molecule has 2 bridgehead atoms. The number of aryl methyl sites for hydroxylation is 1. The Hall–Kier alpha value is -2.70. The van der Waals surface area contributed by atoms with Gasteiger partial charge in [0.1, 0.15) is 0 Å². The van der Waals surface area contributed by atoms with Crippen LogP contribution in [0.15, 0.2) is 42.9 Å². The van der Waals surface area contributed by atoms with E-state index in [4.69, 9.17) is 0 Å². The molecule has 0 N–H and O–H groups in total. The lowest BCUT2D eigenvalue weighted by Crippen LogP contribution is -2.47. The molecule has 5 rings (SSSR count). The minimum Gasteiger partial charge on any atom is -0.340 e. The second kappa shape index (κ2) is 7.27. The molecule has 3 aliphatic heterocycles. The van der Waals surface area contributed by atoms with Gasteiger partial charge in [0.25, 0.3) is 0 Å². The maximum absolute atomic E-state index is 12.9. The van der Waals surface area contributed by atoms with Crippen molar-refractivity contribution < 1.29 is 9.59 Å². The number of pyridine rings is 1. The van der Waals surface area contributed by atoms with Crippen LogP contribution in [0.4, 0.5) is 0 Å². The first kappa shape index (κ1) is 16.8. The zero-order valence-corrected chi connectivity index (χ0v) is 14.7. The summed E-state index contributed by atoms with van der Waals surface area (Å²) in [7, 11) is 0. The van der Waals surface area contributed by atoms with Crippen LogP contribution in [0.2, 0.25) is 0 Å². The summed E-state index contributed by atoms with van der Waals surface area (Å²) >= 11 is 0. The van der Waals surface area contributed by atoms with Gasteiger partial charge in [-0.15, -0.1) is 0 Å². The Bertz CT molecular complexity index is 762. The van der Waals surface area contributed by atoms with Gasteiger partial charge < -0.3 is 9.80 Å². The number of carbonyl (C=O) groups is 2. The molecule has 3 fully saturated rings. The smallest absolute Gasteiger partial charge is 0.228 e. The van der Waals surface area contributed by atoms with Crippen LogP contribution in [0.5, 0.6) is 0 Å². The molecule has 0 aromatic carbocycles. The van der Waals surface area contributed by atoms with E-state index in [1.807, 2.05) is 40.3 Å². The highest BCUT2D eigenvalue weighted by molar-refractivity contribution is 5.83. The molecule has 0 saturated carbocycles. The molecule has 0 aliphatic carbocycles. The number of carbonyl (C=O) groups excluding carboxylic acids is 2. The van der Waals surface area contributed by atoms with Crippen LogP contribution in [0, 0.1) is 5.92 Å². The zero-order chi connectivity index (χ0) is 17.9. The lowest BCUT2D eigenvalue weighted by atomic mass is 9.94. The average molecular weight is 353 g/mol. The molecular formula is C19H23N5O2. The number of hydrogen-bond donors (Lipinski definition) is 0. The van der Waals surface area contributed by atoms with Gasteiger partial charge in [0.15, 0.2) is 0 Å². The van der Waals surface area contributed by atoms with Crippen molar-refractivity contribution in [2.75, 3.05) is 13.1 Å². The maximum Gasteiger partial charge on any atom is 0.228 e. The monoisotopic (exact) mass is 353 g/mol. The Morgan fingerprint density at radius 2 is 2.08 bits per heavy atom. The maximum atomic E-state index is 12.9. The van der Waals surface area contributed by atoms with Gasteiger partial charge in [-0.1, -0.05) is 6.07 Å². The lowest BCUT2D eigenvalue weighted by molar-refractivity contribution is -0.140. The summed E-state index contributed by atoms with van der Waals surface area (Å²) in [5.74, 6) is 0.172. The summed E-state index contributed by atoms with van der Waals surface area (Å²) in [5, 5.41) is 4.14. The van der Waals surface area contributed by atoms with Crippen molar-refractivity contribution in [1.29, 1.82) is 0 Å². The Labute approximate surface area is 152 Å². The fraction of sp³-hybridized carbons (Fsp3) is 0.474. The third-order valence-electron chi connectivity index (χ3n) is 5.32. The predicted octanol–water partition coefficient (Wildman–Crippen LogP) is 1.32. The van der Waals surface area contributed by atoms with Gasteiger partial charge in [-0.25, -0.2) is 0 Å². The normalized spacial score (nSPS) is 22.5. The molecular weight excluding hydrogens is 330 g/mol. The van der Waals surface area contributed by atoms with Crippen LogP contribution in [0.25, 0.3) is 0 Å².